The zero-order chi connectivity index (χ0) is 15.3. The zero-order valence-corrected chi connectivity index (χ0v) is 12.6. The molecule has 20 heavy (non-hydrogen) atoms. The summed E-state index contributed by atoms with van der Waals surface area (Å²) in [5.74, 6) is -0.999. The lowest BCUT2D eigenvalue weighted by Crippen LogP contribution is -2.42. The summed E-state index contributed by atoms with van der Waals surface area (Å²) in [6.45, 7) is 7.79. The minimum atomic E-state index is -0.978. The largest absolute Gasteiger partial charge is 0.480 e. The van der Waals surface area contributed by atoms with Crippen molar-refractivity contribution in [3.63, 3.8) is 0 Å². The van der Waals surface area contributed by atoms with E-state index < -0.39 is 12.0 Å². The van der Waals surface area contributed by atoms with E-state index in [1.165, 1.54) is 0 Å². The number of carbonyl (C=O) groups is 2. The first-order valence-corrected chi connectivity index (χ1v) is 6.88. The van der Waals surface area contributed by atoms with Gasteiger partial charge < -0.3 is 10.4 Å². The van der Waals surface area contributed by atoms with Crippen molar-refractivity contribution in [2.75, 3.05) is 0 Å². The number of aliphatic carboxylic acids is 1. The molecule has 0 spiro atoms. The predicted octanol–water partition coefficient (Wildman–Crippen LogP) is 2.46. The van der Waals surface area contributed by atoms with Gasteiger partial charge in [0, 0.05) is 0 Å². The van der Waals surface area contributed by atoms with Crippen molar-refractivity contribution >= 4 is 11.9 Å². The van der Waals surface area contributed by atoms with Crippen molar-refractivity contribution in [3.8, 4) is 0 Å². The van der Waals surface area contributed by atoms with Crippen molar-refractivity contribution in [2.24, 2.45) is 5.92 Å². The Morgan fingerprint density at radius 1 is 1.20 bits per heavy atom. The number of nitrogens with one attached hydrogen (secondary N) is 1. The van der Waals surface area contributed by atoms with E-state index in [9.17, 15) is 9.59 Å². The molecule has 1 aromatic rings. The Kier molecular flexibility index (Phi) is 5.74. The number of hydrogen-bond acceptors (Lipinski definition) is 2. The maximum atomic E-state index is 12.0. The second kappa shape index (κ2) is 7.08. The Bertz CT molecular complexity index is 474. The quantitative estimate of drug-likeness (QED) is 0.839. The SMILES string of the molecule is Cc1cccc(C)c1CC(=O)N[C@@H](CC(C)C)C(=O)O. The average molecular weight is 277 g/mol. The molecule has 0 bridgehead atoms. The monoisotopic (exact) mass is 277 g/mol. The lowest BCUT2D eigenvalue weighted by molar-refractivity contribution is -0.142. The van der Waals surface area contributed by atoms with Crippen LogP contribution in [-0.4, -0.2) is 23.0 Å². The van der Waals surface area contributed by atoms with Gasteiger partial charge in [-0.2, -0.15) is 0 Å². The van der Waals surface area contributed by atoms with Gasteiger partial charge in [-0.05, 0) is 42.9 Å². The van der Waals surface area contributed by atoms with E-state index >= 15 is 0 Å². The predicted molar refractivity (Wildman–Crippen MR) is 78.6 cm³/mol. The number of rotatable bonds is 6. The fourth-order valence-electron chi connectivity index (χ4n) is 2.23. The molecule has 4 nitrogen and oxygen atoms in total. The molecular formula is C16H23NO3. The van der Waals surface area contributed by atoms with E-state index in [0.29, 0.717) is 6.42 Å². The van der Waals surface area contributed by atoms with Crippen LogP contribution in [0.25, 0.3) is 0 Å². The summed E-state index contributed by atoms with van der Waals surface area (Å²) in [6, 6.07) is 5.05. The van der Waals surface area contributed by atoms with Crippen LogP contribution >= 0.6 is 0 Å². The van der Waals surface area contributed by atoms with Gasteiger partial charge in [0.25, 0.3) is 0 Å². The van der Waals surface area contributed by atoms with Crippen molar-refractivity contribution in [1.82, 2.24) is 5.32 Å². The highest BCUT2D eigenvalue weighted by Gasteiger charge is 2.21. The Hall–Kier alpha value is -1.84. The Morgan fingerprint density at radius 3 is 2.20 bits per heavy atom. The van der Waals surface area contributed by atoms with E-state index in [4.69, 9.17) is 5.11 Å². The molecule has 0 aliphatic carbocycles. The molecule has 0 fully saturated rings. The van der Waals surface area contributed by atoms with Crippen LogP contribution in [0.1, 0.15) is 37.0 Å². The molecule has 0 saturated carbocycles. The average Bonchev–Trinajstić information content (AvgIpc) is 2.32. The van der Waals surface area contributed by atoms with Crippen molar-refractivity contribution in [2.45, 2.75) is 46.6 Å². The fourth-order valence-corrected chi connectivity index (χ4v) is 2.23. The second-order valence-electron chi connectivity index (χ2n) is 5.64. The molecule has 0 aromatic heterocycles. The first kappa shape index (κ1) is 16.2. The van der Waals surface area contributed by atoms with Crippen LogP contribution in [-0.2, 0) is 16.0 Å². The Balaban J connectivity index is 2.73. The number of carboxylic acids is 1. The second-order valence-corrected chi connectivity index (χ2v) is 5.64. The smallest absolute Gasteiger partial charge is 0.326 e. The standard InChI is InChI=1S/C16H23NO3/c1-10(2)8-14(16(19)20)17-15(18)9-13-11(3)6-5-7-12(13)4/h5-7,10,14H,8-9H2,1-4H3,(H,17,18)(H,19,20)/t14-/m0/s1. The zero-order valence-electron chi connectivity index (χ0n) is 12.6. The van der Waals surface area contributed by atoms with Gasteiger partial charge in [0.05, 0.1) is 6.42 Å². The van der Waals surface area contributed by atoms with Crippen LogP contribution in [0.15, 0.2) is 18.2 Å². The van der Waals surface area contributed by atoms with Crippen LogP contribution < -0.4 is 5.32 Å². The third kappa shape index (κ3) is 4.68. The molecule has 0 saturated heterocycles. The van der Waals surface area contributed by atoms with Gasteiger partial charge >= 0.3 is 5.97 Å². The summed E-state index contributed by atoms with van der Waals surface area (Å²) < 4.78 is 0. The highest BCUT2D eigenvalue weighted by atomic mass is 16.4. The van der Waals surface area contributed by atoms with Gasteiger partial charge in [-0.1, -0.05) is 32.0 Å². The lowest BCUT2D eigenvalue weighted by Gasteiger charge is -2.17. The maximum absolute atomic E-state index is 12.0. The summed E-state index contributed by atoms with van der Waals surface area (Å²) in [5, 5.41) is 11.7. The van der Waals surface area contributed by atoms with Crippen molar-refractivity contribution < 1.29 is 14.7 Å². The number of aryl methyl sites for hydroxylation is 2. The van der Waals surface area contributed by atoms with Crippen molar-refractivity contribution in [3.05, 3.63) is 34.9 Å². The molecule has 1 aromatic carbocycles. The molecule has 1 amide bonds. The maximum Gasteiger partial charge on any atom is 0.326 e. The first-order valence-electron chi connectivity index (χ1n) is 6.88. The number of hydrogen-bond donors (Lipinski definition) is 2. The first-order chi connectivity index (χ1) is 9.31. The molecule has 0 heterocycles. The summed E-state index contributed by atoms with van der Waals surface area (Å²) in [5.41, 5.74) is 3.07. The van der Waals surface area contributed by atoms with E-state index in [1.54, 1.807) is 0 Å². The summed E-state index contributed by atoms with van der Waals surface area (Å²) >= 11 is 0. The molecule has 2 N–H and O–H groups in total. The van der Waals surface area contributed by atoms with Crippen LogP contribution in [0.4, 0.5) is 0 Å². The van der Waals surface area contributed by atoms with Crippen LogP contribution in [0.5, 0.6) is 0 Å². The summed E-state index contributed by atoms with van der Waals surface area (Å²) in [7, 11) is 0. The van der Waals surface area contributed by atoms with E-state index in [0.717, 1.165) is 16.7 Å². The van der Waals surface area contributed by atoms with Gasteiger partial charge in [-0.25, -0.2) is 4.79 Å². The third-order valence-corrected chi connectivity index (χ3v) is 3.32. The number of carboxylic acid groups (broad SMARTS) is 1. The third-order valence-electron chi connectivity index (χ3n) is 3.32. The van der Waals surface area contributed by atoms with E-state index in [2.05, 4.69) is 5.32 Å². The topological polar surface area (TPSA) is 66.4 Å². The lowest BCUT2D eigenvalue weighted by atomic mass is 9.99. The van der Waals surface area contributed by atoms with Gasteiger partial charge in [0.15, 0.2) is 0 Å². The molecule has 4 heteroatoms. The molecule has 1 rings (SSSR count). The molecule has 0 aliphatic heterocycles. The molecule has 0 aliphatic rings. The highest BCUT2D eigenvalue weighted by molar-refractivity contribution is 5.85. The Morgan fingerprint density at radius 2 is 1.75 bits per heavy atom. The number of amides is 1. The van der Waals surface area contributed by atoms with Gasteiger partial charge in [0.1, 0.15) is 6.04 Å². The fraction of sp³-hybridized carbons (Fsp3) is 0.500. The summed E-state index contributed by atoms with van der Waals surface area (Å²) in [6.07, 6.45) is 0.661. The van der Waals surface area contributed by atoms with Gasteiger partial charge in [-0.3, -0.25) is 4.79 Å². The molecule has 110 valence electrons. The van der Waals surface area contributed by atoms with E-state index in [-0.39, 0.29) is 18.2 Å². The number of carbonyl (C=O) groups excluding carboxylic acids is 1. The minimum Gasteiger partial charge on any atom is -0.480 e. The summed E-state index contributed by atoms with van der Waals surface area (Å²) in [4.78, 5) is 23.2. The van der Waals surface area contributed by atoms with E-state index in [1.807, 2.05) is 45.9 Å². The highest BCUT2D eigenvalue weighted by Crippen LogP contribution is 2.14. The minimum absolute atomic E-state index is 0.219. The van der Waals surface area contributed by atoms with Crippen LogP contribution in [0, 0.1) is 19.8 Å². The Labute approximate surface area is 120 Å². The van der Waals surface area contributed by atoms with Crippen molar-refractivity contribution in [1.29, 1.82) is 0 Å². The van der Waals surface area contributed by atoms with Gasteiger partial charge in [0.2, 0.25) is 5.91 Å². The van der Waals surface area contributed by atoms with Crippen LogP contribution in [0.3, 0.4) is 0 Å². The molecule has 0 radical (unpaired) electrons. The number of benzene rings is 1. The molecule has 1 atom stereocenters. The molecular weight excluding hydrogens is 254 g/mol. The van der Waals surface area contributed by atoms with Gasteiger partial charge in [-0.15, -0.1) is 0 Å². The van der Waals surface area contributed by atoms with Crippen LogP contribution in [0.2, 0.25) is 0 Å². The molecule has 0 unspecified atom stereocenters. The normalized spacial score (nSPS) is 12.2.